The number of nitrogens with zero attached hydrogens (tertiary/aromatic N) is 3. The molecule has 1 unspecified atom stereocenters. The first kappa shape index (κ1) is 20.4. The van der Waals surface area contributed by atoms with Gasteiger partial charge in [-0.1, -0.05) is 0 Å². The highest BCUT2D eigenvalue weighted by atomic mass is 19.1. The Labute approximate surface area is 173 Å². The quantitative estimate of drug-likeness (QED) is 0.681. The number of aliphatic hydroxyl groups is 1. The Morgan fingerprint density at radius 3 is 2.60 bits per heavy atom. The highest BCUT2D eigenvalue weighted by Gasteiger charge is 2.58. The zero-order valence-corrected chi connectivity index (χ0v) is 16.9. The first-order valence-corrected chi connectivity index (χ1v) is 9.93. The minimum atomic E-state index is -0.570. The number of amides is 3. The summed E-state index contributed by atoms with van der Waals surface area (Å²) in [6.45, 7) is 2.60. The Kier molecular flexibility index (Phi) is 5.27. The molecule has 3 fully saturated rings. The molecular formula is C20H25FN4O5. The van der Waals surface area contributed by atoms with Gasteiger partial charge in [-0.05, 0) is 18.2 Å². The number of aliphatic hydroxyl groups excluding tert-OH is 1. The second-order valence-corrected chi connectivity index (χ2v) is 8.08. The number of fused-ring (bicyclic) bond motifs is 1. The summed E-state index contributed by atoms with van der Waals surface area (Å²) in [5.41, 5.74) is 0.866. The van der Waals surface area contributed by atoms with E-state index in [-0.39, 0.29) is 42.8 Å². The fourth-order valence-corrected chi connectivity index (χ4v) is 4.56. The number of piperidine rings is 1. The third-order valence-corrected chi connectivity index (χ3v) is 6.16. The van der Waals surface area contributed by atoms with E-state index in [9.17, 15) is 18.8 Å². The topological polar surface area (TPSA) is 102 Å². The lowest BCUT2D eigenvalue weighted by atomic mass is 10.2. The van der Waals surface area contributed by atoms with Crippen molar-refractivity contribution >= 4 is 29.3 Å². The molecule has 10 heteroatoms. The molecule has 1 aliphatic carbocycles. The maximum Gasteiger partial charge on any atom is 0.414 e. The maximum atomic E-state index is 14.8. The van der Waals surface area contributed by atoms with Crippen molar-refractivity contribution in [2.24, 2.45) is 11.8 Å². The van der Waals surface area contributed by atoms with Gasteiger partial charge in [0.2, 0.25) is 11.8 Å². The van der Waals surface area contributed by atoms with E-state index in [4.69, 9.17) is 9.84 Å². The molecule has 4 atom stereocenters. The van der Waals surface area contributed by atoms with Gasteiger partial charge in [-0.15, -0.1) is 0 Å². The molecule has 3 amide bonds. The second kappa shape index (κ2) is 7.75. The smallest absolute Gasteiger partial charge is 0.414 e. The van der Waals surface area contributed by atoms with Crippen LogP contribution < -0.4 is 15.1 Å². The number of hydrogen-bond donors (Lipinski definition) is 2. The Morgan fingerprint density at radius 2 is 2.00 bits per heavy atom. The average Bonchev–Trinajstić information content (AvgIpc) is 3.02. The van der Waals surface area contributed by atoms with Crippen LogP contribution >= 0.6 is 0 Å². The number of rotatable bonds is 6. The van der Waals surface area contributed by atoms with Crippen molar-refractivity contribution in [2.45, 2.75) is 19.1 Å². The average molecular weight is 420 g/mol. The van der Waals surface area contributed by atoms with Gasteiger partial charge < -0.3 is 25.0 Å². The van der Waals surface area contributed by atoms with Crippen molar-refractivity contribution in [3.63, 3.8) is 0 Å². The maximum absolute atomic E-state index is 14.8. The van der Waals surface area contributed by atoms with Crippen LogP contribution in [0.15, 0.2) is 18.2 Å². The number of carbonyl (C=O) groups is 3. The first-order valence-electron chi connectivity index (χ1n) is 9.93. The van der Waals surface area contributed by atoms with Gasteiger partial charge in [-0.25, -0.2) is 9.18 Å². The highest BCUT2D eigenvalue weighted by Crippen LogP contribution is 2.50. The molecule has 0 radical (unpaired) electrons. The van der Waals surface area contributed by atoms with Gasteiger partial charge in [0, 0.05) is 44.9 Å². The summed E-state index contributed by atoms with van der Waals surface area (Å²) in [5, 5.41) is 11.6. The van der Waals surface area contributed by atoms with Crippen LogP contribution in [-0.2, 0) is 14.3 Å². The number of cyclic esters (lactones) is 1. The van der Waals surface area contributed by atoms with E-state index in [1.165, 1.54) is 17.9 Å². The van der Waals surface area contributed by atoms with Crippen molar-refractivity contribution in [2.75, 3.05) is 49.6 Å². The number of anilines is 2. The van der Waals surface area contributed by atoms with Crippen LogP contribution in [0.3, 0.4) is 0 Å². The molecule has 9 nitrogen and oxygen atoms in total. The summed E-state index contributed by atoms with van der Waals surface area (Å²) in [6.07, 6.45) is -1.05. The van der Waals surface area contributed by atoms with Crippen LogP contribution in [0.5, 0.6) is 0 Å². The van der Waals surface area contributed by atoms with E-state index in [1.807, 2.05) is 4.90 Å². The van der Waals surface area contributed by atoms with E-state index in [0.29, 0.717) is 24.5 Å². The van der Waals surface area contributed by atoms with Crippen molar-refractivity contribution in [1.29, 1.82) is 0 Å². The minimum Gasteiger partial charge on any atom is -0.442 e. The lowest BCUT2D eigenvalue weighted by Gasteiger charge is -2.26. The van der Waals surface area contributed by atoms with Gasteiger partial charge in [-0.2, -0.15) is 0 Å². The molecule has 0 spiro atoms. The summed E-state index contributed by atoms with van der Waals surface area (Å²) in [4.78, 5) is 39.7. The van der Waals surface area contributed by atoms with Crippen LogP contribution in [0.25, 0.3) is 0 Å². The molecule has 2 saturated heterocycles. The predicted molar refractivity (Wildman–Crippen MR) is 106 cm³/mol. The number of benzene rings is 1. The van der Waals surface area contributed by atoms with Gasteiger partial charge >= 0.3 is 6.09 Å². The standard InChI is InChI=1S/C20H25FN4O5/c1-11(27)22-6-13-7-25(20(29)30-13)12-3-4-17(16(21)5-12)24-8-14-15(9-24)19(14)23(2)18(28)10-26/h3-5,13-15,19,26H,6-10H2,1-2H3,(H,22,27)/t13-,14-,15+,19?/m0/s1. The number of ether oxygens (including phenoxy) is 1. The van der Waals surface area contributed by atoms with Crippen molar-refractivity contribution in [3.8, 4) is 0 Å². The summed E-state index contributed by atoms with van der Waals surface area (Å²) >= 11 is 0. The van der Waals surface area contributed by atoms with Crippen molar-refractivity contribution in [1.82, 2.24) is 10.2 Å². The molecule has 3 aliphatic rings. The van der Waals surface area contributed by atoms with E-state index in [0.717, 1.165) is 0 Å². The Balaban J connectivity index is 1.38. The number of carbonyl (C=O) groups excluding carboxylic acids is 3. The van der Waals surface area contributed by atoms with E-state index >= 15 is 0 Å². The molecule has 2 N–H and O–H groups in total. The van der Waals surface area contributed by atoms with Gasteiger partial charge in [0.15, 0.2) is 0 Å². The van der Waals surface area contributed by atoms with Crippen molar-refractivity contribution < 1.29 is 28.6 Å². The summed E-state index contributed by atoms with van der Waals surface area (Å²) in [7, 11) is 1.69. The summed E-state index contributed by atoms with van der Waals surface area (Å²) < 4.78 is 20.1. The Hall–Kier alpha value is -2.88. The van der Waals surface area contributed by atoms with Gasteiger partial charge in [-0.3, -0.25) is 14.5 Å². The fourth-order valence-electron chi connectivity index (χ4n) is 4.56. The molecule has 4 rings (SSSR count). The van der Waals surface area contributed by atoms with Crippen LogP contribution in [0.1, 0.15) is 6.92 Å². The van der Waals surface area contributed by atoms with Gasteiger partial charge in [0.1, 0.15) is 18.5 Å². The monoisotopic (exact) mass is 420 g/mol. The largest absolute Gasteiger partial charge is 0.442 e. The molecule has 0 bridgehead atoms. The lowest BCUT2D eigenvalue weighted by Crippen LogP contribution is -2.37. The van der Waals surface area contributed by atoms with Gasteiger partial charge in [0.25, 0.3) is 0 Å². The van der Waals surface area contributed by atoms with E-state index in [1.54, 1.807) is 24.1 Å². The molecule has 2 heterocycles. The van der Waals surface area contributed by atoms with Crippen LogP contribution in [-0.4, -0.2) is 79.9 Å². The first-order chi connectivity index (χ1) is 14.3. The normalized spacial score (nSPS) is 27.0. The number of likely N-dealkylation sites (N-methyl/N-ethyl adjacent to an activating group) is 1. The highest BCUT2D eigenvalue weighted by molar-refractivity contribution is 5.90. The Morgan fingerprint density at radius 1 is 1.30 bits per heavy atom. The third-order valence-electron chi connectivity index (χ3n) is 6.16. The number of halogens is 1. The van der Waals surface area contributed by atoms with Gasteiger partial charge in [0.05, 0.1) is 24.5 Å². The minimum absolute atomic E-state index is 0.100. The number of hydrogen-bond acceptors (Lipinski definition) is 6. The summed E-state index contributed by atoms with van der Waals surface area (Å²) in [6, 6.07) is 4.76. The second-order valence-electron chi connectivity index (χ2n) is 8.08. The predicted octanol–water partition coefficient (Wildman–Crippen LogP) is 0.172. The third kappa shape index (κ3) is 3.67. The molecule has 2 aliphatic heterocycles. The van der Waals surface area contributed by atoms with Crippen LogP contribution in [0, 0.1) is 17.7 Å². The van der Waals surface area contributed by atoms with E-state index < -0.39 is 24.6 Å². The number of nitrogens with one attached hydrogen (secondary N) is 1. The lowest BCUT2D eigenvalue weighted by molar-refractivity contribution is -0.133. The molecule has 1 aromatic carbocycles. The van der Waals surface area contributed by atoms with E-state index in [2.05, 4.69) is 5.32 Å². The fraction of sp³-hybridized carbons (Fsp3) is 0.550. The van der Waals surface area contributed by atoms with Crippen LogP contribution in [0.2, 0.25) is 0 Å². The van der Waals surface area contributed by atoms with Crippen molar-refractivity contribution in [3.05, 3.63) is 24.0 Å². The zero-order valence-electron chi connectivity index (χ0n) is 16.9. The SMILES string of the molecule is CC(=O)NC[C@H]1CN(c2ccc(N3C[C@@H]4C(N(C)C(=O)CO)[C@@H]4C3)c(F)c2)C(=O)O1. The zero-order chi connectivity index (χ0) is 21.6. The molecule has 1 saturated carbocycles. The molecule has 162 valence electrons. The molecule has 30 heavy (non-hydrogen) atoms. The summed E-state index contributed by atoms with van der Waals surface area (Å²) in [5.74, 6) is -0.396. The Bertz CT molecular complexity index is 869. The van der Waals surface area contributed by atoms with Crippen LogP contribution in [0.4, 0.5) is 20.6 Å². The molecular weight excluding hydrogens is 395 g/mol. The molecule has 0 aromatic heterocycles. The molecule has 1 aromatic rings.